The van der Waals surface area contributed by atoms with Gasteiger partial charge in [-0.05, 0) is 43.0 Å². The summed E-state index contributed by atoms with van der Waals surface area (Å²) in [7, 11) is 3.64. The van der Waals surface area contributed by atoms with Gasteiger partial charge in [0.1, 0.15) is 12.4 Å². The number of carbonyl (C=O) groups excluding carboxylic acids is 2. The minimum Gasteiger partial charge on any atom is -0.491 e. The molecule has 4 aromatic rings. The fraction of sp³-hybridized carbons (Fsp3) is 0.371. The highest BCUT2D eigenvalue weighted by atomic mass is 16.5. The third kappa shape index (κ3) is 6.85. The molecule has 0 radical (unpaired) electrons. The van der Waals surface area contributed by atoms with E-state index < -0.39 is 0 Å². The minimum atomic E-state index is -0.227. The molecule has 220 valence electrons. The number of hydrogen-bond donors (Lipinski definition) is 0. The van der Waals surface area contributed by atoms with Crippen LogP contribution in [-0.2, 0) is 18.2 Å². The van der Waals surface area contributed by atoms with E-state index in [4.69, 9.17) is 9.47 Å². The molecule has 0 saturated heterocycles. The van der Waals surface area contributed by atoms with E-state index in [0.717, 1.165) is 42.1 Å². The Morgan fingerprint density at radius 3 is 2.43 bits per heavy atom. The molecular formula is C35H41N3O4. The molecule has 2 heterocycles. The molecule has 0 saturated carbocycles. The van der Waals surface area contributed by atoms with Crippen LogP contribution in [0.4, 0.5) is 0 Å². The highest BCUT2D eigenvalue weighted by molar-refractivity contribution is 6.07. The number of aromatic nitrogens is 1. The average molecular weight is 568 g/mol. The van der Waals surface area contributed by atoms with Gasteiger partial charge in [0.25, 0.3) is 11.8 Å². The first-order valence-electron chi connectivity index (χ1n) is 15.0. The van der Waals surface area contributed by atoms with Gasteiger partial charge in [0, 0.05) is 50.9 Å². The van der Waals surface area contributed by atoms with E-state index in [2.05, 4.69) is 12.1 Å². The maximum absolute atomic E-state index is 14.4. The summed E-state index contributed by atoms with van der Waals surface area (Å²) in [5, 5.41) is 0.955. The van der Waals surface area contributed by atoms with Crippen molar-refractivity contribution >= 4 is 22.7 Å². The molecule has 2 amide bonds. The van der Waals surface area contributed by atoms with E-state index in [1.54, 1.807) is 7.11 Å². The quantitative estimate of drug-likeness (QED) is 0.288. The van der Waals surface area contributed by atoms with Gasteiger partial charge >= 0.3 is 0 Å². The Balaban J connectivity index is 1.51. The predicted molar refractivity (Wildman–Crippen MR) is 166 cm³/mol. The highest BCUT2D eigenvalue weighted by Crippen LogP contribution is 2.26. The van der Waals surface area contributed by atoms with E-state index >= 15 is 0 Å². The van der Waals surface area contributed by atoms with Gasteiger partial charge in [0.15, 0.2) is 0 Å². The third-order valence-electron chi connectivity index (χ3n) is 8.12. The van der Waals surface area contributed by atoms with Crippen molar-refractivity contribution in [2.75, 3.05) is 40.0 Å². The summed E-state index contributed by atoms with van der Waals surface area (Å²) in [5.41, 5.74) is 3.41. The van der Waals surface area contributed by atoms with Crippen LogP contribution in [0.3, 0.4) is 0 Å². The van der Waals surface area contributed by atoms with Crippen molar-refractivity contribution in [2.24, 2.45) is 7.05 Å². The Labute approximate surface area is 248 Å². The molecule has 1 aromatic heterocycles. The monoisotopic (exact) mass is 567 g/mol. The van der Waals surface area contributed by atoms with Gasteiger partial charge in [0.05, 0.1) is 23.8 Å². The lowest BCUT2D eigenvalue weighted by Crippen LogP contribution is -2.46. The van der Waals surface area contributed by atoms with Crippen molar-refractivity contribution in [3.05, 3.63) is 102 Å². The summed E-state index contributed by atoms with van der Waals surface area (Å²) in [6, 6.07) is 25.5. The van der Waals surface area contributed by atoms with Gasteiger partial charge in [-0.15, -0.1) is 0 Å². The fourth-order valence-electron chi connectivity index (χ4n) is 5.84. The van der Waals surface area contributed by atoms with Crippen molar-refractivity contribution in [3.63, 3.8) is 0 Å². The zero-order valence-corrected chi connectivity index (χ0v) is 24.7. The largest absolute Gasteiger partial charge is 0.491 e. The Kier molecular flexibility index (Phi) is 9.93. The van der Waals surface area contributed by atoms with Crippen LogP contribution in [0, 0.1) is 0 Å². The molecule has 1 atom stereocenters. The molecule has 0 aliphatic carbocycles. The molecule has 7 nitrogen and oxygen atoms in total. The Morgan fingerprint density at radius 2 is 1.62 bits per heavy atom. The van der Waals surface area contributed by atoms with Crippen molar-refractivity contribution in [2.45, 2.75) is 38.1 Å². The van der Waals surface area contributed by atoms with Crippen LogP contribution in [0.15, 0.2) is 85.1 Å². The summed E-state index contributed by atoms with van der Waals surface area (Å²) in [4.78, 5) is 32.0. The van der Waals surface area contributed by atoms with E-state index in [1.165, 1.54) is 0 Å². The maximum Gasteiger partial charge on any atom is 0.257 e. The number of carbonyl (C=O) groups is 2. The summed E-state index contributed by atoms with van der Waals surface area (Å²) in [6.07, 6.45) is 6.32. The molecule has 0 unspecified atom stereocenters. The molecule has 0 fully saturated rings. The lowest BCUT2D eigenvalue weighted by atomic mass is 10.0. The molecule has 1 aliphatic rings. The second-order valence-corrected chi connectivity index (χ2v) is 11.0. The van der Waals surface area contributed by atoms with Crippen molar-refractivity contribution in [1.29, 1.82) is 0 Å². The Hall–Kier alpha value is -4.10. The molecule has 5 rings (SSSR count). The first-order valence-corrected chi connectivity index (χ1v) is 15.0. The van der Waals surface area contributed by atoms with Gasteiger partial charge in [0.2, 0.25) is 0 Å². The smallest absolute Gasteiger partial charge is 0.257 e. The SMILES string of the molecule is COCCN1CCCCCCN(C(=O)c2cn(C)c3ccccc23)[C@@H](Cc2ccccc2)COc2ccccc2C1=O. The van der Waals surface area contributed by atoms with Gasteiger partial charge in [-0.3, -0.25) is 9.59 Å². The number of hydrogen-bond acceptors (Lipinski definition) is 4. The van der Waals surface area contributed by atoms with Crippen LogP contribution in [0.2, 0.25) is 0 Å². The fourth-order valence-corrected chi connectivity index (χ4v) is 5.84. The van der Waals surface area contributed by atoms with Crippen molar-refractivity contribution in [1.82, 2.24) is 14.4 Å². The van der Waals surface area contributed by atoms with Crippen molar-refractivity contribution in [3.8, 4) is 5.75 Å². The number of amides is 2. The van der Waals surface area contributed by atoms with E-state index in [1.807, 2.05) is 94.3 Å². The van der Waals surface area contributed by atoms with Crippen LogP contribution in [0.5, 0.6) is 5.75 Å². The number of para-hydroxylation sites is 2. The zero-order chi connectivity index (χ0) is 29.3. The zero-order valence-electron chi connectivity index (χ0n) is 24.7. The normalized spacial score (nSPS) is 17.0. The minimum absolute atomic E-state index is 0.0125. The summed E-state index contributed by atoms with van der Waals surface area (Å²) < 4.78 is 13.8. The van der Waals surface area contributed by atoms with Crippen molar-refractivity contribution < 1.29 is 19.1 Å². The summed E-state index contributed by atoms with van der Waals surface area (Å²) in [6.45, 7) is 2.59. The molecule has 0 bridgehead atoms. The van der Waals surface area contributed by atoms with Crippen LogP contribution in [0.25, 0.3) is 10.9 Å². The van der Waals surface area contributed by atoms with Crippen LogP contribution < -0.4 is 4.74 Å². The van der Waals surface area contributed by atoms with Gasteiger partial charge in [-0.2, -0.15) is 0 Å². The standard InChI is InChI=1S/C35H41N3O4/c1-36-25-31(29-16-8-10-18-32(29)36)35(40)38-21-13-4-3-12-20-37(22-23-41-2)34(39)30-17-9-11-19-33(30)42-26-28(38)24-27-14-6-5-7-15-27/h5-11,14-19,25,28H,3-4,12-13,20-24,26H2,1-2H3/t28-/m0/s1. The van der Waals surface area contributed by atoms with E-state index in [0.29, 0.717) is 49.5 Å². The molecule has 7 heteroatoms. The number of benzene rings is 3. The molecule has 0 N–H and O–H groups in total. The first-order chi connectivity index (χ1) is 20.6. The summed E-state index contributed by atoms with van der Waals surface area (Å²) >= 11 is 0. The number of ether oxygens (including phenoxy) is 2. The maximum atomic E-state index is 14.4. The average Bonchev–Trinajstić information content (AvgIpc) is 3.36. The molecule has 3 aromatic carbocycles. The molecule has 0 spiro atoms. The number of nitrogens with zero attached hydrogens (tertiary/aromatic N) is 3. The first kappa shape index (κ1) is 29.4. The third-order valence-corrected chi connectivity index (χ3v) is 8.12. The Bertz CT molecular complexity index is 1480. The molecule has 1 aliphatic heterocycles. The molecule has 42 heavy (non-hydrogen) atoms. The topological polar surface area (TPSA) is 64.0 Å². The predicted octanol–water partition coefficient (Wildman–Crippen LogP) is 5.97. The summed E-state index contributed by atoms with van der Waals surface area (Å²) in [5.74, 6) is 0.499. The second-order valence-electron chi connectivity index (χ2n) is 11.0. The van der Waals surface area contributed by atoms with Crippen LogP contribution in [-0.4, -0.2) is 72.2 Å². The van der Waals surface area contributed by atoms with E-state index in [9.17, 15) is 9.59 Å². The lowest BCUT2D eigenvalue weighted by Gasteiger charge is -2.33. The number of fused-ring (bicyclic) bond motifs is 2. The van der Waals surface area contributed by atoms with Gasteiger partial charge in [-0.25, -0.2) is 0 Å². The van der Waals surface area contributed by atoms with Crippen LogP contribution >= 0.6 is 0 Å². The second kappa shape index (κ2) is 14.2. The number of aryl methyl sites for hydroxylation is 1. The number of rotatable bonds is 6. The number of methoxy groups -OCH3 is 1. The van der Waals surface area contributed by atoms with E-state index in [-0.39, 0.29) is 24.5 Å². The van der Waals surface area contributed by atoms with Crippen LogP contribution in [0.1, 0.15) is 52.0 Å². The van der Waals surface area contributed by atoms with Gasteiger partial charge < -0.3 is 23.8 Å². The lowest BCUT2D eigenvalue weighted by molar-refractivity contribution is 0.0593. The molecular weight excluding hydrogens is 526 g/mol. The Morgan fingerprint density at radius 1 is 0.905 bits per heavy atom. The highest BCUT2D eigenvalue weighted by Gasteiger charge is 2.29. The van der Waals surface area contributed by atoms with Gasteiger partial charge in [-0.1, -0.05) is 73.5 Å².